The molecule has 0 amide bonds. The summed E-state index contributed by atoms with van der Waals surface area (Å²) in [6, 6.07) is 0. The van der Waals surface area contributed by atoms with Gasteiger partial charge in [-0.25, -0.2) is 8.78 Å². The highest BCUT2D eigenvalue weighted by molar-refractivity contribution is 6.33. The molecule has 0 aliphatic rings. The van der Waals surface area contributed by atoms with E-state index in [9.17, 15) is 22.0 Å². The van der Waals surface area contributed by atoms with Gasteiger partial charge in [0.15, 0.2) is 0 Å². The van der Waals surface area contributed by atoms with Gasteiger partial charge >= 0.3 is 6.18 Å². The van der Waals surface area contributed by atoms with E-state index in [-0.39, 0.29) is 0 Å². The number of hydrogen-bond donors (Lipinski definition) is 1. The Morgan fingerprint density at radius 3 is 2.27 bits per heavy atom. The number of pyridine rings is 1. The second kappa shape index (κ2) is 3.80. The first-order chi connectivity index (χ1) is 6.75. The van der Waals surface area contributed by atoms with Gasteiger partial charge in [-0.1, -0.05) is 11.6 Å². The monoisotopic (exact) mass is 246 g/mol. The lowest BCUT2D eigenvalue weighted by Crippen LogP contribution is -2.13. The number of aromatic nitrogens is 1. The van der Waals surface area contributed by atoms with E-state index in [1.165, 1.54) is 0 Å². The van der Waals surface area contributed by atoms with Gasteiger partial charge in [-0.05, 0) is 0 Å². The van der Waals surface area contributed by atoms with Crippen molar-refractivity contribution in [2.24, 2.45) is 0 Å². The van der Waals surface area contributed by atoms with Crippen molar-refractivity contribution in [3.8, 4) is 0 Å². The van der Waals surface area contributed by atoms with Gasteiger partial charge in [0.05, 0.1) is 16.9 Å². The summed E-state index contributed by atoms with van der Waals surface area (Å²) in [4.78, 5) is 2.93. The fraction of sp³-hybridized carbons (Fsp3) is 0.286. The summed E-state index contributed by atoms with van der Waals surface area (Å²) in [5, 5.41) is -0.951. The zero-order valence-electron chi connectivity index (χ0n) is 6.95. The van der Waals surface area contributed by atoms with Gasteiger partial charge in [-0.3, -0.25) is 4.98 Å². The van der Waals surface area contributed by atoms with E-state index in [1.54, 1.807) is 0 Å². The van der Waals surface area contributed by atoms with Crippen molar-refractivity contribution in [2.75, 3.05) is 5.73 Å². The van der Waals surface area contributed by atoms with Crippen LogP contribution >= 0.6 is 11.6 Å². The van der Waals surface area contributed by atoms with Gasteiger partial charge in [0.2, 0.25) is 0 Å². The first-order valence-corrected chi connectivity index (χ1v) is 3.92. The Labute approximate surface area is 85.9 Å². The molecular weight excluding hydrogens is 243 g/mol. The summed E-state index contributed by atoms with van der Waals surface area (Å²) < 4.78 is 61.4. The SMILES string of the molecule is Nc1cnc(C(F)F)c(C(F)(F)F)c1Cl. The lowest BCUT2D eigenvalue weighted by molar-refractivity contribution is -0.139. The van der Waals surface area contributed by atoms with Crippen molar-refractivity contribution < 1.29 is 22.0 Å². The molecule has 0 spiro atoms. The van der Waals surface area contributed by atoms with Crippen LogP contribution in [0.15, 0.2) is 6.20 Å². The van der Waals surface area contributed by atoms with Crippen LogP contribution in [-0.4, -0.2) is 4.98 Å². The van der Waals surface area contributed by atoms with Gasteiger partial charge < -0.3 is 5.73 Å². The molecule has 1 aromatic rings. The van der Waals surface area contributed by atoms with Gasteiger partial charge in [0.25, 0.3) is 6.43 Å². The smallest absolute Gasteiger partial charge is 0.396 e. The predicted octanol–water partition coefficient (Wildman–Crippen LogP) is 3.27. The number of alkyl halides is 5. The zero-order valence-corrected chi connectivity index (χ0v) is 7.70. The predicted molar refractivity (Wildman–Crippen MR) is 43.6 cm³/mol. The van der Waals surface area contributed by atoms with Crippen molar-refractivity contribution in [1.29, 1.82) is 0 Å². The molecule has 0 fully saturated rings. The molecule has 0 radical (unpaired) electrons. The average Bonchev–Trinajstić information content (AvgIpc) is 2.06. The van der Waals surface area contributed by atoms with Crippen LogP contribution in [0, 0.1) is 0 Å². The molecule has 1 rings (SSSR count). The maximum Gasteiger partial charge on any atom is 0.419 e. The number of rotatable bonds is 1. The second-order valence-electron chi connectivity index (χ2n) is 2.59. The molecule has 0 aliphatic heterocycles. The highest BCUT2D eigenvalue weighted by Crippen LogP contribution is 2.41. The molecule has 0 bridgehead atoms. The van der Waals surface area contributed by atoms with Crippen LogP contribution in [-0.2, 0) is 6.18 Å². The van der Waals surface area contributed by atoms with E-state index in [0.29, 0.717) is 6.20 Å². The summed E-state index contributed by atoms with van der Waals surface area (Å²) in [6.07, 6.45) is -7.70. The van der Waals surface area contributed by atoms with E-state index in [2.05, 4.69) is 4.98 Å². The molecule has 8 heteroatoms. The summed E-state index contributed by atoms with van der Waals surface area (Å²) in [5.41, 5.74) is 1.46. The van der Waals surface area contributed by atoms with Crippen LogP contribution in [0.25, 0.3) is 0 Å². The van der Waals surface area contributed by atoms with Crippen molar-refractivity contribution >= 4 is 17.3 Å². The van der Waals surface area contributed by atoms with Crippen LogP contribution in [0.2, 0.25) is 5.02 Å². The quantitative estimate of drug-likeness (QED) is 0.773. The Bertz CT molecular complexity index is 376. The molecule has 0 saturated carbocycles. The molecule has 0 aliphatic carbocycles. The maximum atomic E-state index is 12.3. The third kappa shape index (κ3) is 2.28. The largest absolute Gasteiger partial charge is 0.419 e. The Morgan fingerprint density at radius 1 is 1.33 bits per heavy atom. The van der Waals surface area contributed by atoms with Crippen LogP contribution in [0.4, 0.5) is 27.6 Å². The molecule has 1 aromatic heterocycles. The molecule has 2 nitrogen and oxygen atoms in total. The molecular formula is C7H4ClF5N2. The van der Waals surface area contributed by atoms with E-state index in [4.69, 9.17) is 17.3 Å². The first kappa shape index (κ1) is 12.0. The molecule has 0 aromatic carbocycles. The van der Waals surface area contributed by atoms with Crippen molar-refractivity contribution in [1.82, 2.24) is 4.98 Å². The zero-order chi connectivity index (χ0) is 11.8. The summed E-state index contributed by atoms with van der Waals surface area (Å²) >= 11 is 5.21. The fourth-order valence-corrected chi connectivity index (χ4v) is 1.20. The number of anilines is 1. The normalized spacial score (nSPS) is 12.2. The van der Waals surface area contributed by atoms with Crippen LogP contribution in [0.3, 0.4) is 0 Å². The fourth-order valence-electron chi connectivity index (χ4n) is 0.952. The minimum absolute atomic E-state index is 0.492. The van der Waals surface area contributed by atoms with Gasteiger partial charge in [-0.2, -0.15) is 13.2 Å². The molecule has 0 unspecified atom stereocenters. The number of hydrogen-bond acceptors (Lipinski definition) is 2. The summed E-state index contributed by atoms with van der Waals surface area (Å²) in [5.74, 6) is 0. The van der Waals surface area contributed by atoms with Crippen molar-refractivity contribution in [2.45, 2.75) is 12.6 Å². The molecule has 0 saturated heterocycles. The van der Waals surface area contributed by atoms with Crippen LogP contribution in [0.1, 0.15) is 17.7 Å². The lowest BCUT2D eigenvalue weighted by atomic mass is 10.1. The number of nitrogens with two attached hydrogens (primary N) is 1. The third-order valence-electron chi connectivity index (χ3n) is 1.56. The second-order valence-corrected chi connectivity index (χ2v) is 2.96. The molecule has 1 heterocycles. The highest BCUT2D eigenvalue weighted by atomic mass is 35.5. The number of nitrogen functional groups attached to an aromatic ring is 1. The molecule has 15 heavy (non-hydrogen) atoms. The first-order valence-electron chi connectivity index (χ1n) is 3.54. The van der Waals surface area contributed by atoms with E-state index < -0.39 is 34.6 Å². The molecule has 2 N–H and O–H groups in total. The van der Waals surface area contributed by atoms with Gasteiger partial charge in [0.1, 0.15) is 11.3 Å². The Balaban J connectivity index is 3.49. The number of halogens is 6. The Kier molecular flexibility index (Phi) is 3.03. The average molecular weight is 247 g/mol. The highest BCUT2D eigenvalue weighted by Gasteiger charge is 2.40. The van der Waals surface area contributed by atoms with E-state index in [1.807, 2.05) is 0 Å². The number of nitrogens with zero attached hydrogens (tertiary/aromatic N) is 1. The minimum Gasteiger partial charge on any atom is -0.396 e. The summed E-state index contributed by atoms with van der Waals surface area (Å²) in [7, 11) is 0. The van der Waals surface area contributed by atoms with Gasteiger partial charge in [0, 0.05) is 0 Å². The standard InChI is InChI=1S/C7H4ClF5N2/c8-4-2(14)1-15-5(6(9)10)3(4)7(11,12)13/h1,6H,14H2. The van der Waals surface area contributed by atoms with Crippen molar-refractivity contribution in [3.63, 3.8) is 0 Å². The third-order valence-corrected chi connectivity index (χ3v) is 1.97. The van der Waals surface area contributed by atoms with Crippen molar-refractivity contribution in [3.05, 3.63) is 22.5 Å². The molecule has 0 atom stereocenters. The Hall–Kier alpha value is -1.11. The topological polar surface area (TPSA) is 38.9 Å². The van der Waals surface area contributed by atoms with Crippen LogP contribution < -0.4 is 5.73 Å². The van der Waals surface area contributed by atoms with Crippen LogP contribution in [0.5, 0.6) is 0 Å². The summed E-state index contributed by atoms with van der Waals surface area (Å²) in [6.45, 7) is 0. The van der Waals surface area contributed by atoms with Gasteiger partial charge in [-0.15, -0.1) is 0 Å². The lowest BCUT2D eigenvalue weighted by Gasteiger charge is -2.14. The molecule has 84 valence electrons. The maximum absolute atomic E-state index is 12.3. The Morgan fingerprint density at radius 2 is 1.87 bits per heavy atom. The van der Waals surface area contributed by atoms with E-state index >= 15 is 0 Å². The minimum atomic E-state index is -5.01. The van der Waals surface area contributed by atoms with E-state index in [0.717, 1.165) is 0 Å².